The largest absolute Gasteiger partial charge is 0.366 e. The molecule has 0 bridgehead atoms. The summed E-state index contributed by atoms with van der Waals surface area (Å²) >= 11 is 0. The number of primary amides is 1. The van der Waals surface area contributed by atoms with E-state index < -0.39 is 5.91 Å². The Bertz CT molecular complexity index is 962. The van der Waals surface area contributed by atoms with Gasteiger partial charge in [0.15, 0.2) is 5.69 Å². The van der Waals surface area contributed by atoms with Crippen LogP contribution in [0, 0.1) is 0 Å². The minimum absolute atomic E-state index is 0.140. The summed E-state index contributed by atoms with van der Waals surface area (Å²) < 4.78 is 0. The van der Waals surface area contributed by atoms with E-state index in [1.54, 1.807) is 12.1 Å². The quantitative estimate of drug-likeness (QED) is 0.728. The summed E-state index contributed by atoms with van der Waals surface area (Å²) in [7, 11) is 0. The van der Waals surface area contributed by atoms with Gasteiger partial charge in [-0.3, -0.25) is 9.59 Å². The molecule has 1 aromatic heterocycles. The maximum atomic E-state index is 13.0. The van der Waals surface area contributed by atoms with Crippen molar-refractivity contribution < 1.29 is 9.59 Å². The Labute approximate surface area is 156 Å². The van der Waals surface area contributed by atoms with Crippen LogP contribution in [0.4, 0.5) is 0 Å². The maximum absolute atomic E-state index is 13.0. The van der Waals surface area contributed by atoms with Gasteiger partial charge in [-0.25, -0.2) is 0 Å². The minimum Gasteiger partial charge on any atom is -0.366 e. The molecule has 0 spiro atoms. The van der Waals surface area contributed by atoms with Crippen LogP contribution in [0.3, 0.4) is 0 Å². The van der Waals surface area contributed by atoms with Crippen molar-refractivity contribution >= 4 is 11.8 Å². The van der Waals surface area contributed by atoms with E-state index in [0.717, 1.165) is 24.1 Å². The molecule has 2 aromatic carbocycles. The van der Waals surface area contributed by atoms with Gasteiger partial charge in [-0.1, -0.05) is 30.3 Å². The molecule has 27 heavy (non-hydrogen) atoms. The van der Waals surface area contributed by atoms with Crippen LogP contribution in [0.25, 0.3) is 5.69 Å². The number of nitrogens with two attached hydrogens (primary N) is 1. The van der Waals surface area contributed by atoms with Crippen LogP contribution in [-0.4, -0.2) is 37.7 Å². The van der Waals surface area contributed by atoms with Crippen molar-refractivity contribution in [2.24, 2.45) is 5.73 Å². The average Bonchev–Trinajstić information content (AvgIpc) is 3.42. The van der Waals surface area contributed by atoms with Gasteiger partial charge in [-0.05, 0) is 42.7 Å². The van der Waals surface area contributed by atoms with Crippen molar-refractivity contribution in [1.29, 1.82) is 0 Å². The van der Waals surface area contributed by atoms with Crippen molar-refractivity contribution in [2.45, 2.75) is 25.4 Å². The Hall–Kier alpha value is -3.48. The van der Waals surface area contributed by atoms with Gasteiger partial charge in [-0.15, -0.1) is 5.10 Å². The molecule has 0 aliphatic heterocycles. The van der Waals surface area contributed by atoms with E-state index in [9.17, 15) is 9.59 Å². The fourth-order valence-corrected chi connectivity index (χ4v) is 2.92. The molecule has 0 atom stereocenters. The first-order valence-corrected chi connectivity index (χ1v) is 8.79. The zero-order chi connectivity index (χ0) is 18.8. The van der Waals surface area contributed by atoms with Crippen molar-refractivity contribution in [1.82, 2.24) is 19.9 Å². The van der Waals surface area contributed by atoms with Crippen LogP contribution in [-0.2, 0) is 6.54 Å². The fourth-order valence-electron chi connectivity index (χ4n) is 2.92. The van der Waals surface area contributed by atoms with Gasteiger partial charge >= 0.3 is 0 Å². The van der Waals surface area contributed by atoms with Crippen molar-refractivity contribution in [2.75, 3.05) is 0 Å². The molecule has 1 aliphatic carbocycles. The fraction of sp³-hybridized carbons (Fsp3) is 0.200. The van der Waals surface area contributed by atoms with Crippen LogP contribution in [0.2, 0.25) is 0 Å². The summed E-state index contributed by atoms with van der Waals surface area (Å²) in [6, 6.07) is 16.7. The van der Waals surface area contributed by atoms with E-state index in [4.69, 9.17) is 5.73 Å². The highest BCUT2D eigenvalue weighted by Crippen LogP contribution is 2.29. The second-order valence-corrected chi connectivity index (χ2v) is 6.58. The van der Waals surface area contributed by atoms with E-state index in [1.807, 2.05) is 47.4 Å². The SMILES string of the molecule is NC(=O)c1ccc(CN(C(=O)c2cnn(-c3ccccc3)n2)C2CC2)cc1. The van der Waals surface area contributed by atoms with Crippen LogP contribution in [0.15, 0.2) is 60.8 Å². The topological polar surface area (TPSA) is 94.1 Å². The molecule has 0 saturated heterocycles. The lowest BCUT2D eigenvalue weighted by molar-refractivity contribution is 0.0723. The summed E-state index contributed by atoms with van der Waals surface area (Å²) in [5.41, 5.74) is 7.79. The molecule has 2 N–H and O–H groups in total. The van der Waals surface area contributed by atoms with Crippen molar-refractivity contribution in [3.8, 4) is 5.69 Å². The van der Waals surface area contributed by atoms with E-state index in [-0.39, 0.29) is 11.9 Å². The third-order valence-electron chi connectivity index (χ3n) is 4.54. The summed E-state index contributed by atoms with van der Waals surface area (Å²) in [5.74, 6) is -0.604. The molecule has 0 unspecified atom stereocenters. The Morgan fingerprint density at radius 2 is 1.78 bits per heavy atom. The third kappa shape index (κ3) is 3.72. The molecule has 1 heterocycles. The molecule has 2 amide bonds. The van der Waals surface area contributed by atoms with Crippen LogP contribution < -0.4 is 5.73 Å². The second-order valence-electron chi connectivity index (χ2n) is 6.58. The summed E-state index contributed by atoms with van der Waals surface area (Å²) in [6.45, 7) is 0.459. The Morgan fingerprint density at radius 3 is 2.41 bits per heavy atom. The van der Waals surface area contributed by atoms with Gasteiger partial charge in [0.05, 0.1) is 11.9 Å². The highest BCUT2D eigenvalue weighted by atomic mass is 16.2. The van der Waals surface area contributed by atoms with Crippen LogP contribution in [0.5, 0.6) is 0 Å². The molecule has 4 rings (SSSR count). The second kappa shape index (κ2) is 7.03. The molecule has 0 radical (unpaired) electrons. The number of hydrogen-bond donors (Lipinski definition) is 1. The maximum Gasteiger partial charge on any atom is 0.276 e. The lowest BCUT2D eigenvalue weighted by Crippen LogP contribution is -2.33. The van der Waals surface area contributed by atoms with Crippen molar-refractivity contribution in [3.05, 3.63) is 77.6 Å². The Kier molecular flexibility index (Phi) is 4.42. The van der Waals surface area contributed by atoms with Gasteiger partial charge in [-0.2, -0.15) is 9.90 Å². The average molecular weight is 361 g/mol. The number of benzene rings is 2. The predicted octanol–water partition coefficient (Wildman–Crippen LogP) is 2.17. The van der Waals surface area contributed by atoms with Crippen molar-refractivity contribution in [3.63, 3.8) is 0 Å². The molecular weight excluding hydrogens is 342 g/mol. The number of amides is 2. The predicted molar refractivity (Wildman–Crippen MR) is 99.2 cm³/mol. The Balaban J connectivity index is 1.53. The number of aromatic nitrogens is 3. The molecule has 7 nitrogen and oxygen atoms in total. The van der Waals surface area contributed by atoms with Gasteiger partial charge < -0.3 is 10.6 Å². The number of para-hydroxylation sites is 1. The molecule has 1 saturated carbocycles. The first-order chi connectivity index (χ1) is 13.1. The summed E-state index contributed by atoms with van der Waals surface area (Å²) in [6.07, 6.45) is 3.47. The molecule has 136 valence electrons. The lowest BCUT2D eigenvalue weighted by atomic mass is 10.1. The number of nitrogens with zero attached hydrogens (tertiary/aromatic N) is 4. The highest BCUT2D eigenvalue weighted by Gasteiger charge is 2.34. The zero-order valence-corrected chi connectivity index (χ0v) is 14.7. The van der Waals surface area contributed by atoms with E-state index >= 15 is 0 Å². The molecular formula is C20H19N5O2. The number of rotatable bonds is 6. The zero-order valence-electron chi connectivity index (χ0n) is 14.7. The first-order valence-electron chi connectivity index (χ1n) is 8.79. The number of carbonyl (C=O) groups is 2. The molecule has 7 heteroatoms. The minimum atomic E-state index is -0.464. The summed E-state index contributed by atoms with van der Waals surface area (Å²) in [5, 5.41) is 8.56. The van der Waals surface area contributed by atoms with Gasteiger partial charge in [0.1, 0.15) is 0 Å². The number of hydrogen-bond acceptors (Lipinski definition) is 4. The van der Waals surface area contributed by atoms with E-state index in [2.05, 4.69) is 10.2 Å². The lowest BCUT2D eigenvalue weighted by Gasteiger charge is -2.21. The first kappa shape index (κ1) is 17.0. The van der Waals surface area contributed by atoms with Gasteiger partial charge in [0.2, 0.25) is 5.91 Å². The molecule has 1 fully saturated rings. The normalized spacial score (nSPS) is 13.3. The van der Waals surface area contributed by atoms with Gasteiger partial charge in [0, 0.05) is 18.2 Å². The Morgan fingerprint density at radius 1 is 1.07 bits per heavy atom. The summed E-state index contributed by atoms with van der Waals surface area (Å²) in [4.78, 5) is 27.5. The highest BCUT2D eigenvalue weighted by molar-refractivity contribution is 5.93. The molecule has 1 aliphatic rings. The van der Waals surface area contributed by atoms with E-state index in [1.165, 1.54) is 11.0 Å². The molecule has 3 aromatic rings. The van der Waals surface area contributed by atoms with Crippen LogP contribution in [0.1, 0.15) is 39.3 Å². The van der Waals surface area contributed by atoms with Gasteiger partial charge in [0.25, 0.3) is 5.91 Å². The standard InChI is InChI=1S/C20H19N5O2/c21-19(26)15-8-6-14(7-9-15)13-24(16-10-11-16)20(27)18-12-22-25(23-18)17-4-2-1-3-5-17/h1-9,12,16H,10-11,13H2,(H2,21,26). The smallest absolute Gasteiger partial charge is 0.276 e. The van der Waals surface area contributed by atoms with E-state index in [0.29, 0.717) is 17.8 Å². The third-order valence-corrected chi connectivity index (χ3v) is 4.54. The van der Waals surface area contributed by atoms with Crippen LogP contribution >= 0.6 is 0 Å². The number of carbonyl (C=O) groups excluding carboxylic acids is 2. The monoisotopic (exact) mass is 361 g/mol.